The Hall–Kier alpha value is -2.65. The maximum absolute atomic E-state index is 11.8. The molecular weight excluding hydrogens is 324 g/mol. The van der Waals surface area contributed by atoms with Crippen molar-refractivity contribution in [2.45, 2.75) is 13.1 Å². The third kappa shape index (κ3) is 3.72. The number of fused-ring (bicyclic) bond motifs is 1. The van der Waals surface area contributed by atoms with E-state index in [1.165, 1.54) is 5.19 Å². The Labute approximate surface area is 149 Å². The Balaban J connectivity index is 2.03. The van der Waals surface area contributed by atoms with E-state index in [0.29, 0.717) is 0 Å². The number of rotatable bonds is 5. The highest BCUT2D eigenvalue weighted by atomic mass is 28.3. The normalized spacial score (nSPS) is 12.2. The molecule has 126 valence electrons. The lowest BCUT2D eigenvalue weighted by Crippen LogP contribution is -2.39. The van der Waals surface area contributed by atoms with Crippen LogP contribution in [0.4, 0.5) is 0 Å². The lowest BCUT2D eigenvalue weighted by molar-refractivity contribution is -0.103. The van der Waals surface area contributed by atoms with Gasteiger partial charge in [-0.2, -0.15) is 0 Å². The fourth-order valence-corrected chi connectivity index (χ4v) is 5.29. The van der Waals surface area contributed by atoms with Gasteiger partial charge < -0.3 is 4.74 Å². The van der Waals surface area contributed by atoms with Gasteiger partial charge in [-0.3, -0.25) is 4.79 Å². The second-order valence-electron chi connectivity index (χ2n) is 6.73. The molecule has 0 N–H and O–H groups in total. The number of ether oxygens (including phenoxy) is 1. The van der Waals surface area contributed by atoms with Crippen molar-refractivity contribution in [2.24, 2.45) is 0 Å². The molecule has 0 aliphatic carbocycles. The Morgan fingerprint density at radius 2 is 1.60 bits per heavy atom. The third-order valence-electron chi connectivity index (χ3n) is 4.54. The molecule has 0 spiro atoms. The van der Waals surface area contributed by atoms with Crippen LogP contribution in [0.25, 0.3) is 16.3 Å². The van der Waals surface area contributed by atoms with Gasteiger partial charge in [-0.1, -0.05) is 72.5 Å². The molecule has 2 nitrogen and oxygen atoms in total. The van der Waals surface area contributed by atoms with Crippen molar-refractivity contribution in [2.75, 3.05) is 7.11 Å². The number of hydrogen-bond donors (Lipinski definition) is 0. The smallest absolute Gasteiger partial charge is 0.149 e. The average molecular weight is 347 g/mol. The zero-order valence-corrected chi connectivity index (χ0v) is 15.8. The number of aldehydes is 1. The standard InChI is InChI=1S/C22H22O2Si/c1-24-21-12-11-17-13-18(9-10-19(17)14-21)20(15-23)16-25(2,3)22-7-5-4-6-8-22/h4-16H,1-3H3/b20-16+. The van der Waals surface area contributed by atoms with Crippen LogP contribution in [0.2, 0.25) is 13.1 Å². The summed E-state index contributed by atoms with van der Waals surface area (Å²) < 4.78 is 5.27. The highest BCUT2D eigenvalue weighted by molar-refractivity contribution is 6.94. The number of allylic oxidation sites excluding steroid dienone is 1. The van der Waals surface area contributed by atoms with Crippen molar-refractivity contribution in [3.05, 3.63) is 78.0 Å². The summed E-state index contributed by atoms with van der Waals surface area (Å²) in [4.78, 5) is 11.8. The fraction of sp³-hybridized carbons (Fsp3) is 0.136. The van der Waals surface area contributed by atoms with Crippen molar-refractivity contribution in [3.63, 3.8) is 0 Å². The SMILES string of the molecule is COc1ccc2cc(/C(C=O)=C/[Si](C)(C)c3ccccc3)ccc2c1. The molecule has 0 unspecified atom stereocenters. The monoisotopic (exact) mass is 346 g/mol. The van der Waals surface area contributed by atoms with Crippen molar-refractivity contribution >= 4 is 35.9 Å². The van der Waals surface area contributed by atoms with Gasteiger partial charge in [0.2, 0.25) is 0 Å². The molecule has 3 heteroatoms. The molecule has 0 atom stereocenters. The first kappa shape index (κ1) is 17.2. The van der Waals surface area contributed by atoms with E-state index in [9.17, 15) is 4.79 Å². The second-order valence-corrected chi connectivity index (χ2v) is 11.0. The second kappa shape index (κ2) is 7.07. The van der Waals surface area contributed by atoms with E-state index in [1.807, 2.05) is 36.4 Å². The minimum atomic E-state index is -1.84. The predicted octanol–water partition coefficient (Wildman–Crippen LogP) is 4.59. The molecule has 0 saturated carbocycles. The van der Waals surface area contributed by atoms with Crippen LogP contribution in [0.1, 0.15) is 5.56 Å². The molecule has 0 radical (unpaired) electrons. The average Bonchev–Trinajstić information content (AvgIpc) is 2.66. The Morgan fingerprint density at radius 3 is 2.28 bits per heavy atom. The van der Waals surface area contributed by atoms with Gasteiger partial charge in [-0.15, -0.1) is 0 Å². The zero-order chi connectivity index (χ0) is 17.9. The summed E-state index contributed by atoms with van der Waals surface area (Å²) in [5.41, 5.74) is 3.91. The van der Waals surface area contributed by atoms with E-state index >= 15 is 0 Å². The van der Waals surface area contributed by atoms with Gasteiger partial charge in [-0.25, -0.2) is 0 Å². The lowest BCUT2D eigenvalue weighted by atomic mass is 10.0. The van der Waals surface area contributed by atoms with Crippen LogP contribution in [-0.4, -0.2) is 21.5 Å². The van der Waals surface area contributed by atoms with Crippen LogP contribution in [-0.2, 0) is 4.79 Å². The number of methoxy groups -OCH3 is 1. The summed E-state index contributed by atoms with van der Waals surface area (Å²) in [6, 6.07) is 22.5. The van der Waals surface area contributed by atoms with Crippen LogP contribution in [0.3, 0.4) is 0 Å². The Morgan fingerprint density at radius 1 is 0.920 bits per heavy atom. The number of carbonyl (C=O) groups excluding carboxylic acids is 1. The van der Waals surface area contributed by atoms with Gasteiger partial charge in [0.25, 0.3) is 0 Å². The van der Waals surface area contributed by atoms with Crippen LogP contribution >= 0.6 is 0 Å². The molecule has 0 aliphatic rings. The largest absolute Gasteiger partial charge is 0.497 e. The minimum Gasteiger partial charge on any atom is -0.497 e. The number of benzene rings is 3. The van der Waals surface area contributed by atoms with Crippen LogP contribution in [0, 0.1) is 0 Å². The summed E-state index contributed by atoms with van der Waals surface area (Å²) in [5, 5.41) is 3.53. The Kier molecular flexibility index (Phi) is 4.86. The molecule has 3 aromatic rings. The van der Waals surface area contributed by atoms with Crippen LogP contribution in [0.5, 0.6) is 5.75 Å². The van der Waals surface area contributed by atoms with Crippen molar-refractivity contribution < 1.29 is 9.53 Å². The molecule has 0 heterocycles. The predicted molar refractivity (Wildman–Crippen MR) is 108 cm³/mol. The Bertz CT molecular complexity index is 927. The van der Waals surface area contributed by atoms with Gasteiger partial charge in [-0.05, 0) is 34.5 Å². The first-order valence-corrected chi connectivity index (χ1v) is 11.4. The number of hydrogen-bond acceptors (Lipinski definition) is 2. The first-order valence-electron chi connectivity index (χ1n) is 8.35. The lowest BCUT2D eigenvalue weighted by Gasteiger charge is -2.19. The molecule has 3 rings (SSSR count). The summed E-state index contributed by atoms with van der Waals surface area (Å²) >= 11 is 0. The van der Waals surface area contributed by atoms with Crippen LogP contribution in [0.15, 0.2) is 72.4 Å². The summed E-state index contributed by atoms with van der Waals surface area (Å²) in [6.07, 6.45) is 0.975. The molecule has 0 aliphatic heterocycles. The zero-order valence-electron chi connectivity index (χ0n) is 14.8. The van der Waals surface area contributed by atoms with Gasteiger partial charge >= 0.3 is 0 Å². The molecule has 25 heavy (non-hydrogen) atoms. The molecular formula is C22H22O2Si. The molecule has 0 bridgehead atoms. The minimum absolute atomic E-state index is 0.762. The van der Waals surface area contributed by atoms with Gasteiger partial charge in [0.05, 0.1) is 7.11 Å². The molecule has 0 saturated heterocycles. The topological polar surface area (TPSA) is 26.3 Å². The highest BCUT2D eigenvalue weighted by Gasteiger charge is 2.21. The molecule has 0 aromatic heterocycles. The van der Waals surface area contributed by atoms with E-state index in [-0.39, 0.29) is 0 Å². The molecule has 3 aromatic carbocycles. The van der Waals surface area contributed by atoms with Crippen molar-refractivity contribution in [1.82, 2.24) is 0 Å². The quantitative estimate of drug-likeness (QED) is 0.384. The first-order chi connectivity index (χ1) is 12.0. The van der Waals surface area contributed by atoms with Crippen molar-refractivity contribution in [1.29, 1.82) is 0 Å². The highest BCUT2D eigenvalue weighted by Crippen LogP contribution is 2.25. The van der Waals surface area contributed by atoms with Gasteiger partial charge in [0, 0.05) is 5.57 Å². The summed E-state index contributed by atoms with van der Waals surface area (Å²) in [7, 11) is -0.176. The van der Waals surface area contributed by atoms with E-state index in [4.69, 9.17) is 4.74 Å². The van der Waals surface area contributed by atoms with Crippen molar-refractivity contribution in [3.8, 4) is 5.75 Å². The van der Waals surface area contributed by atoms with Gasteiger partial charge in [0.1, 0.15) is 20.1 Å². The number of carbonyl (C=O) groups is 1. The van der Waals surface area contributed by atoms with E-state index < -0.39 is 8.07 Å². The van der Waals surface area contributed by atoms with E-state index in [2.05, 4.69) is 49.1 Å². The molecule has 0 amide bonds. The van der Waals surface area contributed by atoms with Crippen LogP contribution < -0.4 is 9.92 Å². The maximum atomic E-state index is 11.8. The maximum Gasteiger partial charge on any atom is 0.149 e. The summed E-state index contributed by atoms with van der Waals surface area (Å²) in [6.45, 7) is 4.52. The fourth-order valence-electron chi connectivity index (χ4n) is 3.06. The summed E-state index contributed by atoms with van der Waals surface area (Å²) in [5.74, 6) is 0.837. The third-order valence-corrected chi connectivity index (χ3v) is 7.40. The van der Waals surface area contributed by atoms with E-state index in [0.717, 1.165) is 33.9 Å². The molecule has 0 fully saturated rings. The van der Waals surface area contributed by atoms with E-state index in [1.54, 1.807) is 7.11 Å². The van der Waals surface area contributed by atoms with Gasteiger partial charge in [0.15, 0.2) is 0 Å².